The molecule has 2 atom stereocenters. The Bertz CT molecular complexity index is 543. The number of benzene rings is 1. The zero-order valence-corrected chi connectivity index (χ0v) is 13.1. The van der Waals surface area contributed by atoms with Crippen LogP contribution in [0, 0.1) is 5.92 Å². The van der Waals surface area contributed by atoms with Gasteiger partial charge in [-0.3, -0.25) is 14.5 Å². The first-order valence-corrected chi connectivity index (χ1v) is 7.66. The van der Waals surface area contributed by atoms with E-state index in [1.807, 2.05) is 18.2 Å². The van der Waals surface area contributed by atoms with Crippen LogP contribution in [0.15, 0.2) is 24.3 Å². The maximum Gasteiger partial charge on any atom is 0.310 e. The molecule has 5 heteroatoms. The molecule has 1 fully saturated rings. The van der Waals surface area contributed by atoms with Gasteiger partial charge in [0.15, 0.2) is 5.78 Å². The molecule has 22 heavy (non-hydrogen) atoms. The summed E-state index contributed by atoms with van der Waals surface area (Å²) >= 11 is 0. The van der Waals surface area contributed by atoms with Crippen LogP contribution in [-0.4, -0.2) is 48.6 Å². The normalized spacial score (nSPS) is 23.7. The van der Waals surface area contributed by atoms with Gasteiger partial charge in [-0.15, -0.1) is 0 Å². The van der Waals surface area contributed by atoms with Gasteiger partial charge in [-0.05, 0) is 24.5 Å². The van der Waals surface area contributed by atoms with Crippen molar-refractivity contribution in [1.82, 2.24) is 4.90 Å². The predicted molar refractivity (Wildman–Crippen MR) is 82.3 cm³/mol. The van der Waals surface area contributed by atoms with Crippen molar-refractivity contribution in [3.05, 3.63) is 35.4 Å². The van der Waals surface area contributed by atoms with Crippen molar-refractivity contribution in [2.75, 3.05) is 26.8 Å². The van der Waals surface area contributed by atoms with E-state index < -0.39 is 0 Å². The van der Waals surface area contributed by atoms with E-state index in [1.54, 1.807) is 6.92 Å². The minimum absolute atomic E-state index is 0.140. The molecular formula is C17H23NO4. The summed E-state index contributed by atoms with van der Waals surface area (Å²) in [7, 11) is 1.00. The van der Waals surface area contributed by atoms with Crippen LogP contribution in [0.5, 0.6) is 0 Å². The van der Waals surface area contributed by atoms with E-state index in [2.05, 4.69) is 11.0 Å². The second kappa shape index (κ2) is 7.51. The number of rotatable bonds is 2. The number of ether oxygens (including phenoxy) is 1. The third-order valence-corrected chi connectivity index (χ3v) is 4.21. The fourth-order valence-corrected chi connectivity index (χ4v) is 3.31. The maximum atomic E-state index is 12.5. The number of aliphatic hydroxyl groups is 1. The van der Waals surface area contributed by atoms with Crippen molar-refractivity contribution in [3.8, 4) is 0 Å². The van der Waals surface area contributed by atoms with Crippen molar-refractivity contribution in [2.24, 2.45) is 5.92 Å². The summed E-state index contributed by atoms with van der Waals surface area (Å²) in [6.45, 7) is 3.63. The van der Waals surface area contributed by atoms with Crippen LogP contribution < -0.4 is 0 Å². The minimum Gasteiger partial charge on any atom is -0.466 e. The van der Waals surface area contributed by atoms with Crippen LogP contribution >= 0.6 is 0 Å². The number of fused-ring (bicyclic) bond motifs is 3. The lowest BCUT2D eigenvalue weighted by Gasteiger charge is -2.41. The average Bonchev–Trinajstić information content (AvgIpc) is 2.56. The number of hydrogen-bond donors (Lipinski definition) is 1. The van der Waals surface area contributed by atoms with Gasteiger partial charge in [-0.25, -0.2) is 0 Å². The van der Waals surface area contributed by atoms with Crippen LogP contribution in [-0.2, 0) is 20.7 Å². The van der Waals surface area contributed by atoms with E-state index >= 15 is 0 Å². The Hall–Kier alpha value is -1.72. The first kappa shape index (κ1) is 16.6. The molecule has 0 amide bonds. The second-order valence-corrected chi connectivity index (χ2v) is 5.47. The smallest absolute Gasteiger partial charge is 0.310 e. The van der Waals surface area contributed by atoms with Gasteiger partial charge in [0.1, 0.15) is 0 Å². The Morgan fingerprint density at radius 1 is 1.36 bits per heavy atom. The highest BCUT2D eigenvalue weighted by atomic mass is 16.5. The van der Waals surface area contributed by atoms with E-state index in [-0.39, 0.29) is 23.7 Å². The molecule has 1 aromatic rings. The average molecular weight is 305 g/mol. The summed E-state index contributed by atoms with van der Waals surface area (Å²) < 4.78 is 5.06. The summed E-state index contributed by atoms with van der Waals surface area (Å²) in [5.41, 5.74) is 2.38. The Labute approximate surface area is 130 Å². The van der Waals surface area contributed by atoms with Gasteiger partial charge in [-0.1, -0.05) is 24.3 Å². The molecule has 0 bridgehead atoms. The molecule has 1 saturated heterocycles. The molecule has 0 aliphatic carbocycles. The lowest BCUT2D eigenvalue weighted by Crippen LogP contribution is -2.49. The molecule has 0 saturated carbocycles. The molecule has 0 aromatic heterocycles. The van der Waals surface area contributed by atoms with E-state index in [9.17, 15) is 9.59 Å². The summed E-state index contributed by atoms with van der Waals surface area (Å²) in [6, 6.07) is 7.97. The molecule has 120 valence electrons. The van der Waals surface area contributed by atoms with Crippen LogP contribution in [0.2, 0.25) is 0 Å². The molecule has 2 heterocycles. The first-order valence-electron chi connectivity index (χ1n) is 7.66. The van der Waals surface area contributed by atoms with Gasteiger partial charge < -0.3 is 9.84 Å². The molecule has 2 unspecified atom stereocenters. The first-order chi connectivity index (χ1) is 10.7. The molecule has 1 N–H and O–H groups in total. The molecule has 5 nitrogen and oxygen atoms in total. The highest BCUT2D eigenvalue weighted by Gasteiger charge is 2.41. The Balaban J connectivity index is 0.000000847. The highest BCUT2D eigenvalue weighted by Crippen LogP contribution is 2.36. The van der Waals surface area contributed by atoms with E-state index in [1.165, 1.54) is 5.56 Å². The minimum atomic E-state index is -0.302. The lowest BCUT2D eigenvalue weighted by atomic mass is 9.82. The van der Waals surface area contributed by atoms with E-state index in [4.69, 9.17) is 9.84 Å². The number of carbonyl (C=O) groups is 2. The largest absolute Gasteiger partial charge is 0.466 e. The molecule has 2 aliphatic rings. The molecule has 1 aromatic carbocycles. The van der Waals surface area contributed by atoms with Crippen molar-refractivity contribution in [2.45, 2.75) is 25.8 Å². The van der Waals surface area contributed by atoms with Crippen LogP contribution in [0.1, 0.15) is 30.5 Å². The number of hydrogen-bond acceptors (Lipinski definition) is 5. The van der Waals surface area contributed by atoms with Crippen molar-refractivity contribution >= 4 is 11.8 Å². The maximum absolute atomic E-state index is 12.5. The van der Waals surface area contributed by atoms with Gasteiger partial charge in [0.2, 0.25) is 0 Å². The number of Topliss-reactive ketones (excluding diaryl/α,β-unsaturated/α-hetero) is 1. The quantitative estimate of drug-likeness (QED) is 0.835. The fraction of sp³-hybridized carbons (Fsp3) is 0.529. The lowest BCUT2D eigenvalue weighted by molar-refractivity contribution is -0.154. The zero-order valence-electron chi connectivity index (χ0n) is 13.1. The van der Waals surface area contributed by atoms with Gasteiger partial charge >= 0.3 is 5.97 Å². The number of piperidine rings is 1. The number of nitrogens with zero attached hydrogens (tertiary/aromatic N) is 1. The van der Waals surface area contributed by atoms with Crippen LogP contribution in [0.25, 0.3) is 0 Å². The van der Waals surface area contributed by atoms with E-state index in [0.717, 1.165) is 25.6 Å². The van der Waals surface area contributed by atoms with Crippen molar-refractivity contribution < 1.29 is 19.4 Å². The Morgan fingerprint density at radius 2 is 2.09 bits per heavy atom. The van der Waals surface area contributed by atoms with Gasteiger partial charge in [-0.2, -0.15) is 0 Å². The molecule has 0 radical (unpaired) electrons. The van der Waals surface area contributed by atoms with Crippen molar-refractivity contribution in [1.29, 1.82) is 0 Å². The van der Waals surface area contributed by atoms with Crippen LogP contribution in [0.3, 0.4) is 0 Å². The molecular weight excluding hydrogens is 282 g/mol. The van der Waals surface area contributed by atoms with Gasteiger partial charge in [0.25, 0.3) is 0 Å². The third kappa shape index (κ3) is 3.20. The molecule has 0 spiro atoms. The summed E-state index contributed by atoms with van der Waals surface area (Å²) in [4.78, 5) is 26.5. The van der Waals surface area contributed by atoms with Crippen LogP contribution in [0.4, 0.5) is 0 Å². The number of esters is 1. The zero-order chi connectivity index (χ0) is 16.1. The standard InChI is InChI=1S/C16H19NO3.CH4O/c1-2-20-16(19)12-9-14(18)15-13-6-4-3-5-11(13)7-8-17(15)10-12;1-2/h3-6,12,15H,2,7-10H2,1H3;2H,1H3. The SMILES string of the molecule is CCOC(=O)C1CC(=O)C2c3ccccc3CCN2C1.CO. The Morgan fingerprint density at radius 3 is 2.82 bits per heavy atom. The van der Waals surface area contributed by atoms with Gasteiger partial charge in [0.05, 0.1) is 18.6 Å². The monoisotopic (exact) mass is 305 g/mol. The number of ketones is 1. The predicted octanol–water partition coefficient (Wildman–Crippen LogP) is 1.35. The third-order valence-electron chi connectivity index (χ3n) is 4.21. The summed E-state index contributed by atoms with van der Waals surface area (Å²) in [5, 5.41) is 7.00. The Kier molecular flexibility index (Phi) is 5.69. The van der Waals surface area contributed by atoms with E-state index in [0.29, 0.717) is 19.6 Å². The number of carbonyl (C=O) groups excluding carboxylic acids is 2. The fourth-order valence-electron chi connectivity index (χ4n) is 3.31. The highest BCUT2D eigenvalue weighted by molar-refractivity contribution is 5.91. The second-order valence-electron chi connectivity index (χ2n) is 5.47. The topological polar surface area (TPSA) is 66.8 Å². The molecule has 2 aliphatic heterocycles. The summed E-state index contributed by atoms with van der Waals surface area (Å²) in [6.07, 6.45) is 1.24. The number of aliphatic hydroxyl groups excluding tert-OH is 1. The molecule has 3 rings (SSSR count). The summed E-state index contributed by atoms with van der Waals surface area (Å²) in [5.74, 6) is -0.399. The van der Waals surface area contributed by atoms with Gasteiger partial charge in [0, 0.05) is 26.6 Å². The van der Waals surface area contributed by atoms with Crippen molar-refractivity contribution in [3.63, 3.8) is 0 Å².